The molecule has 3 amide bonds. The minimum Gasteiger partial charge on any atom is -0.504 e. The molecular weight excluding hydrogens is 269 g/mol. The summed E-state index contributed by atoms with van der Waals surface area (Å²) in [7, 11) is 1.05. The van der Waals surface area contributed by atoms with E-state index in [2.05, 4.69) is 10.5 Å². The van der Waals surface area contributed by atoms with Gasteiger partial charge in [-0.05, 0) is 12.1 Å². The number of carbonyl (C=O) groups is 2. The maximum Gasteiger partial charge on any atom is 0.417 e. The van der Waals surface area contributed by atoms with Gasteiger partial charge in [-0.15, -0.1) is 0 Å². The lowest BCUT2D eigenvalue weighted by Gasteiger charge is -2.14. The Labute approximate surface area is 105 Å². The Morgan fingerprint density at radius 1 is 1.37 bits per heavy atom. The molecule has 0 aliphatic carbocycles. The Bertz CT molecular complexity index is 528. The van der Waals surface area contributed by atoms with Gasteiger partial charge in [-0.1, -0.05) is 0 Å². The van der Waals surface area contributed by atoms with E-state index in [0.717, 1.165) is 7.11 Å². The van der Waals surface area contributed by atoms with E-state index in [1.165, 1.54) is 5.32 Å². The van der Waals surface area contributed by atoms with E-state index in [1.54, 1.807) is 0 Å². The first-order valence-electron chi connectivity index (χ1n) is 4.75. The molecule has 0 fully saturated rings. The number of alkyl halides is 3. The van der Waals surface area contributed by atoms with Crippen LogP contribution in [0.1, 0.15) is 15.9 Å². The normalized spacial score (nSPS) is 10.9. The van der Waals surface area contributed by atoms with Crippen LogP contribution < -0.4 is 15.8 Å². The van der Waals surface area contributed by atoms with Crippen molar-refractivity contribution in [3.8, 4) is 11.5 Å². The number of aromatic hydroxyl groups is 1. The second-order valence-electron chi connectivity index (χ2n) is 3.39. The average Bonchev–Trinajstić information content (AvgIpc) is 2.26. The number of phenols is 1. The summed E-state index contributed by atoms with van der Waals surface area (Å²) in [6.45, 7) is 0. The van der Waals surface area contributed by atoms with E-state index in [1.807, 2.05) is 0 Å². The van der Waals surface area contributed by atoms with Gasteiger partial charge in [-0.25, -0.2) is 4.79 Å². The molecule has 104 valence electrons. The lowest BCUT2D eigenvalue weighted by atomic mass is 10.0. The van der Waals surface area contributed by atoms with Crippen molar-refractivity contribution in [2.75, 3.05) is 7.11 Å². The number of imide groups is 1. The standard InChI is InChI=1S/C10H9F3N2O4/c1-19-7-3-5(10(11,12)13)4(2-6(7)16)8(17)15-9(14)18/h2-3,16H,1H3,(H3,14,15,17,18). The highest BCUT2D eigenvalue weighted by atomic mass is 19.4. The number of nitrogens with one attached hydrogen (secondary N) is 1. The molecule has 9 heteroatoms. The van der Waals surface area contributed by atoms with Crippen molar-refractivity contribution in [3.05, 3.63) is 23.3 Å². The highest BCUT2D eigenvalue weighted by molar-refractivity contribution is 6.05. The van der Waals surface area contributed by atoms with Crippen molar-refractivity contribution in [3.63, 3.8) is 0 Å². The van der Waals surface area contributed by atoms with Crippen LogP contribution in [0.4, 0.5) is 18.0 Å². The molecule has 0 saturated heterocycles. The number of phenolic OH excluding ortho intramolecular Hbond substituents is 1. The fourth-order valence-corrected chi connectivity index (χ4v) is 1.33. The summed E-state index contributed by atoms with van der Waals surface area (Å²) in [5, 5.41) is 10.9. The molecule has 0 aliphatic heterocycles. The molecule has 0 unspecified atom stereocenters. The summed E-state index contributed by atoms with van der Waals surface area (Å²) in [5.41, 5.74) is 2.34. The van der Waals surface area contributed by atoms with Gasteiger partial charge in [0.25, 0.3) is 5.91 Å². The first-order chi connectivity index (χ1) is 8.66. The minimum absolute atomic E-state index is 0.450. The number of carbonyl (C=O) groups excluding carboxylic acids is 2. The number of primary amides is 1. The summed E-state index contributed by atoms with van der Waals surface area (Å²) >= 11 is 0. The first kappa shape index (κ1) is 14.6. The Balaban J connectivity index is 3.41. The fourth-order valence-electron chi connectivity index (χ4n) is 1.33. The molecular formula is C10H9F3N2O4. The molecule has 4 N–H and O–H groups in total. The SMILES string of the molecule is COc1cc(C(F)(F)F)c(C(=O)NC(N)=O)cc1O. The van der Waals surface area contributed by atoms with Crippen LogP contribution in [0.3, 0.4) is 0 Å². The molecule has 1 aromatic carbocycles. The van der Waals surface area contributed by atoms with Crippen LogP contribution >= 0.6 is 0 Å². The first-order valence-corrected chi connectivity index (χ1v) is 4.75. The largest absolute Gasteiger partial charge is 0.504 e. The summed E-state index contributed by atoms with van der Waals surface area (Å²) < 4.78 is 42.8. The van der Waals surface area contributed by atoms with Crippen LogP contribution in [0.15, 0.2) is 12.1 Å². The maximum absolute atomic E-state index is 12.8. The lowest BCUT2D eigenvalue weighted by Crippen LogP contribution is -2.36. The van der Waals surface area contributed by atoms with Gasteiger partial charge >= 0.3 is 12.2 Å². The number of hydrogen-bond donors (Lipinski definition) is 3. The summed E-state index contributed by atoms with van der Waals surface area (Å²) in [4.78, 5) is 21.9. The Kier molecular flexibility index (Phi) is 3.88. The van der Waals surface area contributed by atoms with Crippen molar-refractivity contribution < 1.29 is 32.6 Å². The van der Waals surface area contributed by atoms with Crippen LogP contribution in [-0.4, -0.2) is 24.2 Å². The maximum atomic E-state index is 12.8. The van der Waals surface area contributed by atoms with E-state index in [9.17, 15) is 27.9 Å². The molecule has 0 bridgehead atoms. The molecule has 1 rings (SSSR count). The third-order valence-electron chi connectivity index (χ3n) is 2.11. The monoisotopic (exact) mass is 278 g/mol. The molecule has 1 aromatic rings. The summed E-state index contributed by atoms with van der Waals surface area (Å²) in [5.74, 6) is -2.51. The van der Waals surface area contributed by atoms with Gasteiger partial charge in [0.2, 0.25) is 0 Å². The van der Waals surface area contributed by atoms with Crippen molar-refractivity contribution in [2.24, 2.45) is 5.73 Å². The van der Waals surface area contributed by atoms with Crippen LogP contribution in [0.25, 0.3) is 0 Å². The summed E-state index contributed by atoms with van der Waals surface area (Å²) in [6, 6.07) is -0.320. The van der Waals surface area contributed by atoms with Crippen LogP contribution in [0.2, 0.25) is 0 Å². The van der Waals surface area contributed by atoms with E-state index >= 15 is 0 Å². The third-order valence-corrected chi connectivity index (χ3v) is 2.11. The number of benzene rings is 1. The molecule has 19 heavy (non-hydrogen) atoms. The number of ether oxygens (including phenoxy) is 1. The van der Waals surface area contributed by atoms with E-state index in [4.69, 9.17) is 0 Å². The molecule has 0 heterocycles. The van der Waals surface area contributed by atoms with Crippen LogP contribution in [0.5, 0.6) is 11.5 Å². The molecule has 0 saturated carbocycles. The molecule has 0 aromatic heterocycles. The molecule has 0 aliphatic rings. The Morgan fingerprint density at radius 3 is 2.37 bits per heavy atom. The Hall–Kier alpha value is -2.45. The molecule has 0 atom stereocenters. The quantitative estimate of drug-likeness (QED) is 0.757. The van der Waals surface area contributed by atoms with Crippen molar-refractivity contribution in [1.29, 1.82) is 0 Å². The van der Waals surface area contributed by atoms with Gasteiger partial charge < -0.3 is 15.6 Å². The van der Waals surface area contributed by atoms with E-state index in [0.29, 0.717) is 12.1 Å². The zero-order valence-corrected chi connectivity index (χ0v) is 9.54. The number of amides is 3. The topological polar surface area (TPSA) is 102 Å². The number of hydrogen-bond acceptors (Lipinski definition) is 4. The number of rotatable bonds is 2. The van der Waals surface area contributed by atoms with Gasteiger partial charge in [0.1, 0.15) is 0 Å². The van der Waals surface area contributed by atoms with Crippen molar-refractivity contribution in [2.45, 2.75) is 6.18 Å². The van der Waals surface area contributed by atoms with Crippen molar-refractivity contribution in [1.82, 2.24) is 5.32 Å². The van der Waals surface area contributed by atoms with Crippen molar-refractivity contribution >= 4 is 11.9 Å². The zero-order valence-electron chi connectivity index (χ0n) is 9.54. The molecule has 0 radical (unpaired) electrons. The summed E-state index contributed by atoms with van der Waals surface area (Å²) in [6.07, 6.45) is -4.87. The molecule has 6 nitrogen and oxygen atoms in total. The second-order valence-corrected chi connectivity index (χ2v) is 3.39. The van der Waals surface area contributed by atoms with E-state index in [-0.39, 0.29) is 0 Å². The second kappa shape index (κ2) is 5.04. The predicted molar refractivity (Wildman–Crippen MR) is 56.7 cm³/mol. The smallest absolute Gasteiger partial charge is 0.417 e. The lowest BCUT2D eigenvalue weighted by molar-refractivity contribution is -0.138. The number of halogens is 3. The highest BCUT2D eigenvalue weighted by Crippen LogP contribution is 2.38. The fraction of sp³-hybridized carbons (Fsp3) is 0.200. The average molecular weight is 278 g/mol. The van der Waals surface area contributed by atoms with Gasteiger partial charge in [0.15, 0.2) is 11.5 Å². The number of methoxy groups -OCH3 is 1. The van der Waals surface area contributed by atoms with Crippen LogP contribution in [-0.2, 0) is 6.18 Å². The number of urea groups is 1. The highest BCUT2D eigenvalue weighted by Gasteiger charge is 2.36. The Morgan fingerprint density at radius 2 is 1.95 bits per heavy atom. The minimum atomic E-state index is -4.87. The zero-order chi connectivity index (χ0) is 14.8. The van der Waals surface area contributed by atoms with E-state index < -0.39 is 40.7 Å². The van der Waals surface area contributed by atoms with Crippen LogP contribution in [0, 0.1) is 0 Å². The van der Waals surface area contributed by atoms with Gasteiger partial charge in [-0.2, -0.15) is 13.2 Å². The third kappa shape index (κ3) is 3.27. The van der Waals surface area contributed by atoms with Gasteiger partial charge in [-0.3, -0.25) is 10.1 Å². The number of nitrogens with two attached hydrogens (primary N) is 1. The van der Waals surface area contributed by atoms with Gasteiger partial charge in [0, 0.05) is 0 Å². The predicted octanol–water partition coefficient (Wildman–Crippen LogP) is 1.23. The van der Waals surface area contributed by atoms with Gasteiger partial charge in [0.05, 0.1) is 18.2 Å². The molecule has 0 spiro atoms.